The fourth-order valence-corrected chi connectivity index (χ4v) is 1.45. The van der Waals surface area contributed by atoms with Crippen molar-refractivity contribution < 1.29 is 14.2 Å². The van der Waals surface area contributed by atoms with Crippen molar-refractivity contribution in [2.24, 2.45) is 5.73 Å². The summed E-state index contributed by atoms with van der Waals surface area (Å²) in [6.07, 6.45) is 2.24. The van der Waals surface area contributed by atoms with Crippen molar-refractivity contribution in [2.45, 2.75) is 25.9 Å². The monoisotopic (exact) mass is 285 g/mol. The van der Waals surface area contributed by atoms with E-state index in [4.69, 9.17) is 19.9 Å². The average Bonchev–Trinajstić information content (AvgIpc) is 2.42. The number of hydrogen-bond donors (Lipinski definition) is 1. The van der Waals surface area contributed by atoms with E-state index >= 15 is 0 Å². The van der Waals surface area contributed by atoms with Crippen LogP contribution in [0, 0.1) is 0 Å². The Bertz CT molecular complexity index is 434. The summed E-state index contributed by atoms with van der Waals surface area (Å²) in [5.74, 6) is 0.444. The van der Waals surface area contributed by atoms with E-state index in [-0.39, 0.29) is 11.6 Å². The SMILES string of the molecule is COCCOCCCn1ncc(OCC(C)N)cc1=O. The van der Waals surface area contributed by atoms with Crippen LogP contribution < -0.4 is 16.0 Å². The first kappa shape index (κ1) is 16.6. The minimum Gasteiger partial charge on any atom is -0.490 e. The maximum Gasteiger partial charge on any atom is 0.270 e. The molecule has 0 bridgehead atoms. The molecule has 1 aromatic heterocycles. The highest BCUT2D eigenvalue weighted by molar-refractivity contribution is 5.13. The Labute approximate surface area is 118 Å². The third-order valence-electron chi connectivity index (χ3n) is 2.45. The lowest BCUT2D eigenvalue weighted by atomic mass is 10.4. The Hall–Kier alpha value is -1.44. The fraction of sp³-hybridized carbons (Fsp3) is 0.692. The van der Waals surface area contributed by atoms with Crippen LogP contribution in [0.25, 0.3) is 0 Å². The van der Waals surface area contributed by atoms with E-state index in [1.807, 2.05) is 6.92 Å². The van der Waals surface area contributed by atoms with Crippen molar-refractivity contribution in [2.75, 3.05) is 33.5 Å². The molecule has 0 saturated carbocycles. The lowest BCUT2D eigenvalue weighted by molar-refractivity contribution is 0.0675. The molecule has 114 valence electrons. The first-order valence-electron chi connectivity index (χ1n) is 6.65. The molecule has 0 radical (unpaired) electrons. The Morgan fingerprint density at radius 1 is 1.40 bits per heavy atom. The molecule has 20 heavy (non-hydrogen) atoms. The fourth-order valence-electron chi connectivity index (χ4n) is 1.45. The van der Waals surface area contributed by atoms with Crippen molar-refractivity contribution in [3.8, 4) is 5.75 Å². The van der Waals surface area contributed by atoms with E-state index in [9.17, 15) is 4.79 Å². The molecule has 0 aromatic carbocycles. The molecule has 0 aliphatic rings. The van der Waals surface area contributed by atoms with Gasteiger partial charge in [0, 0.05) is 32.4 Å². The highest BCUT2D eigenvalue weighted by Gasteiger charge is 2.02. The van der Waals surface area contributed by atoms with Gasteiger partial charge in [-0.2, -0.15) is 5.10 Å². The molecule has 0 aliphatic carbocycles. The molecule has 1 heterocycles. The molecule has 7 heteroatoms. The van der Waals surface area contributed by atoms with Gasteiger partial charge < -0.3 is 19.9 Å². The second-order valence-electron chi connectivity index (χ2n) is 4.50. The van der Waals surface area contributed by atoms with E-state index < -0.39 is 0 Å². The van der Waals surface area contributed by atoms with Crippen molar-refractivity contribution >= 4 is 0 Å². The molecule has 7 nitrogen and oxygen atoms in total. The Kier molecular flexibility index (Phi) is 7.86. The van der Waals surface area contributed by atoms with E-state index in [2.05, 4.69) is 5.10 Å². The van der Waals surface area contributed by atoms with Crippen LogP contribution in [-0.4, -0.2) is 49.4 Å². The van der Waals surface area contributed by atoms with Gasteiger partial charge in [0.2, 0.25) is 0 Å². The first-order valence-corrected chi connectivity index (χ1v) is 6.65. The highest BCUT2D eigenvalue weighted by atomic mass is 16.5. The molecular weight excluding hydrogens is 262 g/mol. The predicted octanol–water partition coefficient (Wildman–Crippen LogP) is 0.0224. The van der Waals surface area contributed by atoms with Crippen LogP contribution >= 0.6 is 0 Å². The standard InChI is InChI=1S/C13H23N3O4/c1-11(14)10-20-12-8-13(17)16(15-9-12)4-3-5-19-7-6-18-2/h8-9,11H,3-7,10,14H2,1-2H3. The van der Waals surface area contributed by atoms with Gasteiger partial charge in [-0.15, -0.1) is 0 Å². The van der Waals surface area contributed by atoms with Crippen LogP contribution in [0.4, 0.5) is 0 Å². The van der Waals surface area contributed by atoms with Gasteiger partial charge in [-0.1, -0.05) is 0 Å². The smallest absolute Gasteiger partial charge is 0.270 e. The summed E-state index contributed by atoms with van der Waals surface area (Å²) in [5, 5.41) is 4.05. The van der Waals surface area contributed by atoms with Crippen molar-refractivity contribution in [3.05, 3.63) is 22.6 Å². The summed E-state index contributed by atoms with van der Waals surface area (Å²) in [4.78, 5) is 11.8. The van der Waals surface area contributed by atoms with E-state index in [0.717, 1.165) is 6.42 Å². The van der Waals surface area contributed by atoms with E-state index in [1.54, 1.807) is 7.11 Å². The Morgan fingerprint density at radius 2 is 2.20 bits per heavy atom. The quantitative estimate of drug-likeness (QED) is 0.610. The maximum absolute atomic E-state index is 11.8. The summed E-state index contributed by atoms with van der Waals surface area (Å²) >= 11 is 0. The Balaban J connectivity index is 2.34. The van der Waals surface area contributed by atoms with Crippen LogP contribution in [0.2, 0.25) is 0 Å². The van der Waals surface area contributed by atoms with Crippen molar-refractivity contribution in [3.63, 3.8) is 0 Å². The van der Waals surface area contributed by atoms with Gasteiger partial charge in [-0.3, -0.25) is 4.79 Å². The molecule has 0 aliphatic heterocycles. The summed E-state index contributed by atoms with van der Waals surface area (Å²) < 4.78 is 16.9. The number of nitrogens with zero attached hydrogens (tertiary/aromatic N) is 2. The average molecular weight is 285 g/mol. The second kappa shape index (κ2) is 9.46. The maximum atomic E-state index is 11.8. The second-order valence-corrected chi connectivity index (χ2v) is 4.50. The summed E-state index contributed by atoms with van der Waals surface area (Å²) in [6.45, 7) is 4.41. The van der Waals surface area contributed by atoms with Crippen LogP contribution in [0.3, 0.4) is 0 Å². The van der Waals surface area contributed by atoms with E-state index in [0.29, 0.717) is 38.7 Å². The van der Waals surface area contributed by atoms with Gasteiger partial charge in [0.1, 0.15) is 12.4 Å². The number of ether oxygens (including phenoxy) is 3. The summed E-state index contributed by atoms with van der Waals surface area (Å²) in [6, 6.07) is 1.34. The third kappa shape index (κ3) is 6.65. The molecule has 1 atom stereocenters. The predicted molar refractivity (Wildman–Crippen MR) is 75.0 cm³/mol. The topological polar surface area (TPSA) is 88.6 Å². The van der Waals surface area contributed by atoms with Gasteiger partial charge in [-0.05, 0) is 13.3 Å². The molecule has 1 unspecified atom stereocenters. The van der Waals surface area contributed by atoms with Gasteiger partial charge in [0.25, 0.3) is 5.56 Å². The van der Waals surface area contributed by atoms with Crippen LogP contribution in [-0.2, 0) is 16.0 Å². The lowest BCUT2D eigenvalue weighted by Crippen LogP contribution is -2.26. The number of rotatable bonds is 10. The Morgan fingerprint density at radius 3 is 2.85 bits per heavy atom. The normalized spacial score (nSPS) is 12.3. The number of aromatic nitrogens is 2. The molecule has 1 aromatic rings. The molecule has 0 amide bonds. The van der Waals surface area contributed by atoms with Gasteiger partial charge >= 0.3 is 0 Å². The molecule has 0 spiro atoms. The minimum absolute atomic E-state index is 0.0818. The van der Waals surface area contributed by atoms with Crippen molar-refractivity contribution in [1.82, 2.24) is 9.78 Å². The van der Waals surface area contributed by atoms with Gasteiger partial charge in [0.05, 0.1) is 19.4 Å². The third-order valence-corrected chi connectivity index (χ3v) is 2.45. The molecule has 2 N–H and O–H groups in total. The zero-order valence-electron chi connectivity index (χ0n) is 12.1. The molecule has 0 saturated heterocycles. The molecule has 1 rings (SSSR count). The highest BCUT2D eigenvalue weighted by Crippen LogP contribution is 2.03. The van der Waals surface area contributed by atoms with Crippen LogP contribution in [0.15, 0.2) is 17.1 Å². The van der Waals surface area contributed by atoms with Gasteiger partial charge in [-0.25, -0.2) is 4.68 Å². The molecule has 0 fully saturated rings. The van der Waals surface area contributed by atoms with Crippen LogP contribution in [0.1, 0.15) is 13.3 Å². The molecular formula is C13H23N3O4. The van der Waals surface area contributed by atoms with E-state index in [1.165, 1.54) is 16.9 Å². The number of aryl methyl sites for hydroxylation is 1. The van der Waals surface area contributed by atoms with Gasteiger partial charge in [0.15, 0.2) is 0 Å². The minimum atomic E-state index is -0.191. The summed E-state index contributed by atoms with van der Waals surface area (Å²) in [5.41, 5.74) is 5.38. The largest absolute Gasteiger partial charge is 0.490 e. The number of methoxy groups -OCH3 is 1. The number of nitrogens with two attached hydrogens (primary N) is 1. The summed E-state index contributed by atoms with van der Waals surface area (Å²) in [7, 11) is 1.63. The van der Waals surface area contributed by atoms with Crippen LogP contribution in [0.5, 0.6) is 5.75 Å². The zero-order valence-corrected chi connectivity index (χ0v) is 12.1. The lowest BCUT2D eigenvalue weighted by Gasteiger charge is -2.09. The first-order chi connectivity index (χ1) is 9.63. The number of hydrogen-bond acceptors (Lipinski definition) is 6. The zero-order chi connectivity index (χ0) is 14.8. The van der Waals surface area contributed by atoms with Crippen molar-refractivity contribution in [1.29, 1.82) is 0 Å².